The minimum Gasteiger partial charge on any atom is -0.493 e. The van der Waals surface area contributed by atoms with E-state index >= 15 is 0 Å². The molecule has 0 aliphatic carbocycles. The molecule has 0 fully saturated rings. The molecule has 0 heterocycles. The summed E-state index contributed by atoms with van der Waals surface area (Å²) >= 11 is 0. The fourth-order valence-electron chi connectivity index (χ4n) is 1.92. The van der Waals surface area contributed by atoms with E-state index in [1.807, 2.05) is 0 Å². The zero-order chi connectivity index (χ0) is 19.9. The molecule has 0 saturated carbocycles. The third-order valence-corrected chi connectivity index (χ3v) is 4.58. The van der Waals surface area contributed by atoms with Crippen LogP contribution in [0.25, 0.3) is 0 Å². The number of hydrogen-bond acceptors (Lipinski definition) is 7. The highest BCUT2D eigenvalue weighted by atomic mass is 32.2. The molecule has 0 radical (unpaired) electrons. The average Bonchev–Trinajstić information content (AvgIpc) is 2.58. The van der Waals surface area contributed by atoms with Crippen molar-refractivity contribution in [2.45, 2.75) is 37.8 Å². The monoisotopic (exact) mass is 388 g/mol. The number of benzene rings is 1. The minimum atomic E-state index is -3.97. The first kappa shape index (κ1) is 21.7. The Morgan fingerprint density at radius 3 is 2.23 bits per heavy atom. The molecule has 9 nitrogen and oxygen atoms in total. The Labute approximate surface area is 153 Å². The molecule has 1 aromatic rings. The van der Waals surface area contributed by atoms with Crippen LogP contribution in [0.15, 0.2) is 23.1 Å². The fraction of sp³-hybridized carbons (Fsp3) is 0.500. The lowest BCUT2D eigenvalue weighted by Crippen LogP contribution is -2.41. The average molecular weight is 388 g/mol. The molecule has 10 heteroatoms. The van der Waals surface area contributed by atoms with Gasteiger partial charge < -0.3 is 19.5 Å². The zero-order valence-electron chi connectivity index (χ0n) is 15.4. The Morgan fingerprint density at radius 1 is 1.08 bits per heavy atom. The van der Waals surface area contributed by atoms with Crippen LogP contribution in [0.4, 0.5) is 0 Å². The van der Waals surface area contributed by atoms with Crippen molar-refractivity contribution in [3.63, 3.8) is 0 Å². The second kappa shape index (κ2) is 9.39. The van der Waals surface area contributed by atoms with E-state index < -0.39 is 34.5 Å². The van der Waals surface area contributed by atoms with Gasteiger partial charge in [-0.3, -0.25) is 9.59 Å². The summed E-state index contributed by atoms with van der Waals surface area (Å²) in [6, 6.07) is 3.91. The quantitative estimate of drug-likeness (QED) is 0.589. The summed E-state index contributed by atoms with van der Waals surface area (Å²) in [5, 5.41) is 2.59. The molecule has 1 aromatic carbocycles. The number of nitrogens with one attached hydrogen (secondary N) is 2. The number of hydrogen-bond donors (Lipinski definition) is 2. The lowest BCUT2D eigenvalue weighted by atomic mass is 10.3. The number of carbonyl (C=O) groups excluding carboxylic acids is 2. The second-order valence-corrected chi connectivity index (χ2v) is 7.40. The lowest BCUT2D eigenvalue weighted by Gasteiger charge is -2.15. The molecule has 1 amide bonds. The van der Waals surface area contributed by atoms with Crippen LogP contribution in [0.1, 0.15) is 20.8 Å². The first-order valence-electron chi connectivity index (χ1n) is 7.82. The van der Waals surface area contributed by atoms with Gasteiger partial charge >= 0.3 is 5.97 Å². The van der Waals surface area contributed by atoms with E-state index in [-0.39, 0.29) is 16.7 Å². The standard InChI is InChI=1S/C16H24N2O7S/c1-10(2)18-16(20)11(3)25-15(19)9-17-26(21,22)12-6-7-13(23-4)14(8-12)24-5/h6-8,10-11,17H,9H2,1-5H3,(H,18,20)/t11-/m0/s1. The minimum absolute atomic E-state index is 0.103. The number of sulfonamides is 1. The van der Waals surface area contributed by atoms with Gasteiger partial charge in [0.1, 0.15) is 6.54 Å². The molecule has 146 valence electrons. The van der Waals surface area contributed by atoms with Gasteiger partial charge in [-0.05, 0) is 32.9 Å². The van der Waals surface area contributed by atoms with E-state index in [0.717, 1.165) is 0 Å². The highest BCUT2D eigenvalue weighted by Crippen LogP contribution is 2.29. The Morgan fingerprint density at radius 2 is 1.69 bits per heavy atom. The summed E-state index contributed by atoms with van der Waals surface area (Å²) < 4.78 is 41.7. The molecule has 1 rings (SSSR count). The molecular weight excluding hydrogens is 364 g/mol. The molecule has 0 bridgehead atoms. The van der Waals surface area contributed by atoms with Crippen LogP contribution in [0.5, 0.6) is 11.5 Å². The summed E-state index contributed by atoms with van der Waals surface area (Å²) in [5.74, 6) is -0.732. The van der Waals surface area contributed by atoms with E-state index in [9.17, 15) is 18.0 Å². The third kappa shape index (κ3) is 6.19. The van der Waals surface area contributed by atoms with E-state index in [2.05, 4.69) is 10.0 Å². The van der Waals surface area contributed by atoms with Crippen molar-refractivity contribution in [1.29, 1.82) is 0 Å². The molecule has 0 spiro atoms. The Balaban J connectivity index is 2.71. The van der Waals surface area contributed by atoms with Crippen LogP contribution in [0.2, 0.25) is 0 Å². The van der Waals surface area contributed by atoms with Crippen LogP contribution in [0.3, 0.4) is 0 Å². The van der Waals surface area contributed by atoms with Crippen LogP contribution < -0.4 is 19.5 Å². The smallest absolute Gasteiger partial charge is 0.321 e. The maximum Gasteiger partial charge on any atom is 0.321 e. The zero-order valence-corrected chi connectivity index (χ0v) is 16.2. The molecule has 0 aromatic heterocycles. The van der Waals surface area contributed by atoms with Crippen molar-refractivity contribution in [2.24, 2.45) is 0 Å². The van der Waals surface area contributed by atoms with Crippen LogP contribution >= 0.6 is 0 Å². The Hall–Kier alpha value is -2.33. The third-order valence-electron chi connectivity index (χ3n) is 3.18. The molecular formula is C16H24N2O7S. The number of rotatable bonds is 9. The Kier molecular flexibility index (Phi) is 7.84. The summed E-state index contributed by atoms with van der Waals surface area (Å²) in [4.78, 5) is 23.4. The number of amides is 1. The van der Waals surface area contributed by atoms with E-state index in [4.69, 9.17) is 14.2 Å². The summed E-state index contributed by atoms with van der Waals surface area (Å²) in [6.07, 6.45) is -1.03. The van der Waals surface area contributed by atoms with Crippen molar-refractivity contribution in [2.75, 3.05) is 20.8 Å². The molecule has 26 heavy (non-hydrogen) atoms. The summed E-state index contributed by atoms with van der Waals surface area (Å²) in [6.45, 7) is 4.32. The maximum absolute atomic E-state index is 12.3. The van der Waals surface area contributed by atoms with Gasteiger partial charge in [0.25, 0.3) is 5.91 Å². The molecule has 0 aliphatic heterocycles. The predicted molar refractivity (Wildman–Crippen MR) is 93.6 cm³/mol. The summed E-state index contributed by atoms with van der Waals surface area (Å²) in [7, 11) is -1.17. The van der Waals surface area contributed by atoms with Crippen molar-refractivity contribution in [3.8, 4) is 11.5 Å². The Bertz CT molecular complexity index is 747. The van der Waals surface area contributed by atoms with E-state index in [1.54, 1.807) is 13.8 Å². The topological polar surface area (TPSA) is 120 Å². The van der Waals surface area contributed by atoms with Gasteiger partial charge in [-0.1, -0.05) is 0 Å². The van der Waals surface area contributed by atoms with Gasteiger partial charge in [0.05, 0.1) is 19.1 Å². The van der Waals surface area contributed by atoms with Gasteiger partial charge in [0, 0.05) is 12.1 Å². The summed E-state index contributed by atoms with van der Waals surface area (Å²) in [5.41, 5.74) is 0. The molecule has 0 saturated heterocycles. The fourth-order valence-corrected chi connectivity index (χ4v) is 2.90. The molecule has 2 N–H and O–H groups in total. The first-order chi connectivity index (χ1) is 12.1. The number of esters is 1. The number of carbonyl (C=O) groups is 2. The van der Waals surface area contributed by atoms with Crippen molar-refractivity contribution >= 4 is 21.9 Å². The molecule has 0 aliphatic rings. The lowest BCUT2D eigenvalue weighted by molar-refractivity contribution is -0.153. The molecule has 0 unspecified atom stereocenters. The highest BCUT2D eigenvalue weighted by Gasteiger charge is 2.21. The van der Waals surface area contributed by atoms with Gasteiger partial charge in [-0.25, -0.2) is 8.42 Å². The highest BCUT2D eigenvalue weighted by molar-refractivity contribution is 7.89. The first-order valence-corrected chi connectivity index (χ1v) is 9.30. The van der Waals surface area contributed by atoms with Gasteiger partial charge in [-0.2, -0.15) is 4.72 Å². The van der Waals surface area contributed by atoms with E-state index in [0.29, 0.717) is 5.75 Å². The van der Waals surface area contributed by atoms with Crippen LogP contribution in [0, 0.1) is 0 Å². The van der Waals surface area contributed by atoms with Gasteiger partial charge in [0.2, 0.25) is 10.0 Å². The normalized spacial score (nSPS) is 12.4. The van der Waals surface area contributed by atoms with Crippen LogP contribution in [-0.2, 0) is 24.3 Å². The maximum atomic E-state index is 12.3. The second-order valence-electron chi connectivity index (χ2n) is 5.64. The predicted octanol–water partition coefficient (Wildman–Crippen LogP) is 0.438. The van der Waals surface area contributed by atoms with Gasteiger partial charge in [0.15, 0.2) is 17.6 Å². The SMILES string of the molecule is COc1ccc(S(=O)(=O)NCC(=O)O[C@@H](C)C(=O)NC(C)C)cc1OC. The van der Waals surface area contributed by atoms with Crippen LogP contribution in [-0.4, -0.2) is 53.2 Å². The number of ether oxygens (including phenoxy) is 3. The largest absolute Gasteiger partial charge is 0.493 e. The number of methoxy groups -OCH3 is 2. The van der Waals surface area contributed by atoms with E-state index in [1.165, 1.54) is 39.3 Å². The van der Waals surface area contributed by atoms with Crippen molar-refractivity contribution in [3.05, 3.63) is 18.2 Å². The van der Waals surface area contributed by atoms with Gasteiger partial charge in [-0.15, -0.1) is 0 Å². The molecule has 1 atom stereocenters. The van der Waals surface area contributed by atoms with Crippen molar-refractivity contribution < 1.29 is 32.2 Å². The van der Waals surface area contributed by atoms with Crippen molar-refractivity contribution in [1.82, 2.24) is 10.0 Å².